The molecular weight excluding hydrogens is 630 g/mol. The average molecular weight is 668 g/mol. The van der Waals surface area contributed by atoms with Gasteiger partial charge in [-0.2, -0.15) is 19.6 Å². The number of para-hydroxylation sites is 2. The van der Waals surface area contributed by atoms with Crippen molar-refractivity contribution in [3.63, 3.8) is 0 Å². The largest absolute Gasteiger partial charge is 0.497 e. The Hall–Kier alpha value is -6.01. The summed E-state index contributed by atoms with van der Waals surface area (Å²) in [6, 6.07) is 28.5. The van der Waals surface area contributed by atoms with E-state index in [1.165, 1.54) is 0 Å². The number of hydrogen-bond acceptors (Lipinski definition) is 10. The SMILES string of the molecule is COc1ccc(CN(Cc2nc3ccccc3n2Cc2ccc(OC)cc2)c2nc(N3CCOCC3)nc3c(-c4ccncc4)cnn23)cc1. The number of imidazole rings is 1. The van der Waals surface area contributed by atoms with E-state index in [9.17, 15) is 0 Å². The standard InChI is InChI=1S/C38H37N9O3/c1-48-30-11-7-27(8-12-30)24-45(26-35-41-33-5-3-4-6-34(33)46(35)25-28-9-13-31(49-2)14-10-28)38-43-37(44-19-21-50-22-20-44)42-36-32(23-40-47(36)38)29-15-17-39-18-16-29/h3-18,23H,19-22,24-26H2,1-2H3. The van der Waals surface area contributed by atoms with Crippen LogP contribution in [-0.2, 0) is 24.4 Å². The minimum Gasteiger partial charge on any atom is -0.497 e. The van der Waals surface area contributed by atoms with Gasteiger partial charge in [-0.15, -0.1) is 0 Å². The number of ether oxygens (including phenoxy) is 3. The first-order chi connectivity index (χ1) is 24.7. The van der Waals surface area contributed by atoms with E-state index in [0.29, 0.717) is 63.5 Å². The number of pyridine rings is 1. The lowest BCUT2D eigenvalue weighted by atomic mass is 10.1. The lowest BCUT2D eigenvalue weighted by Gasteiger charge is -2.29. The minimum absolute atomic E-state index is 0.454. The van der Waals surface area contributed by atoms with E-state index >= 15 is 0 Å². The van der Waals surface area contributed by atoms with Crippen molar-refractivity contribution in [3.8, 4) is 22.6 Å². The second-order valence-corrected chi connectivity index (χ2v) is 12.1. The van der Waals surface area contributed by atoms with Gasteiger partial charge in [-0.05, 0) is 65.2 Å². The number of aromatic nitrogens is 7. The smallest absolute Gasteiger partial charge is 0.232 e. The summed E-state index contributed by atoms with van der Waals surface area (Å²) < 4.78 is 20.7. The molecule has 0 radical (unpaired) electrons. The maximum Gasteiger partial charge on any atom is 0.232 e. The molecular formula is C38H37N9O3. The summed E-state index contributed by atoms with van der Waals surface area (Å²) in [6.45, 7) is 4.26. The second kappa shape index (κ2) is 13.8. The first-order valence-electron chi connectivity index (χ1n) is 16.6. The first-order valence-corrected chi connectivity index (χ1v) is 16.6. The molecule has 0 spiro atoms. The maximum atomic E-state index is 5.68. The lowest BCUT2D eigenvalue weighted by Crippen LogP contribution is -2.38. The summed E-state index contributed by atoms with van der Waals surface area (Å²) in [7, 11) is 3.36. The zero-order chi connectivity index (χ0) is 33.9. The van der Waals surface area contributed by atoms with Crippen molar-refractivity contribution in [1.82, 2.24) is 34.1 Å². The third kappa shape index (κ3) is 6.28. The molecule has 0 amide bonds. The van der Waals surface area contributed by atoms with Crippen molar-refractivity contribution in [2.24, 2.45) is 0 Å². The van der Waals surface area contributed by atoms with Crippen LogP contribution in [-0.4, -0.2) is 74.6 Å². The van der Waals surface area contributed by atoms with Gasteiger partial charge in [-0.3, -0.25) is 4.98 Å². The molecule has 0 N–H and O–H groups in total. The fourth-order valence-electron chi connectivity index (χ4n) is 6.35. The molecule has 50 heavy (non-hydrogen) atoms. The van der Waals surface area contributed by atoms with Crippen LogP contribution >= 0.6 is 0 Å². The number of nitrogens with zero attached hydrogens (tertiary/aromatic N) is 9. The summed E-state index contributed by atoms with van der Waals surface area (Å²) in [5, 5.41) is 4.89. The fraction of sp³-hybridized carbons (Fsp3) is 0.237. The molecule has 8 rings (SSSR count). The summed E-state index contributed by atoms with van der Waals surface area (Å²) >= 11 is 0. The molecule has 0 bridgehead atoms. The van der Waals surface area contributed by atoms with Gasteiger partial charge in [-0.1, -0.05) is 36.4 Å². The van der Waals surface area contributed by atoms with Crippen LogP contribution in [0.2, 0.25) is 0 Å². The van der Waals surface area contributed by atoms with Crippen LogP contribution in [0.25, 0.3) is 27.8 Å². The van der Waals surface area contributed by atoms with E-state index in [2.05, 4.69) is 61.8 Å². The summed E-state index contributed by atoms with van der Waals surface area (Å²) in [5.74, 6) is 3.82. The van der Waals surface area contributed by atoms with Gasteiger partial charge in [0.15, 0.2) is 5.65 Å². The summed E-state index contributed by atoms with van der Waals surface area (Å²) in [5.41, 5.74) is 6.83. The molecule has 252 valence electrons. The molecule has 3 aromatic carbocycles. The molecule has 0 saturated carbocycles. The Morgan fingerprint density at radius 3 is 2.18 bits per heavy atom. The molecule has 12 nitrogen and oxygen atoms in total. The highest BCUT2D eigenvalue weighted by molar-refractivity contribution is 5.79. The van der Waals surface area contributed by atoms with Gasteiger partial charge in [0.2, 0.25) is 11.9 Å². The molecule has 0 aliphatic carbocycles. The number of morpholine rings is 1. The maximum absolute atomic E-state index is 5.68. The Labute approximate surface area is 289 Å². The zero-order valence-corrected chi connectivity index (χ0v) is 28.0. The predicted octanol–water partition coefficient (Wildman–Crippen LogP) is 5.64. The quantitative estimate of drug-likeness (QED) is 0.172. The number of benzene rings is 3. The topological polar surface area (TPSA) is 108 Å². The van der Waals surface area contributed by atoms with Crippen molar-refractivity contribution in [2.75, 3.05) is 50.3 Å². The molecule has 1 saturated heterocycles. The van der Waals surface area contributed by atoms with Crippen molar-refractivity contribution in [2.45, 2.75) is 19.6 Å². The van der Waals surface area contributed by atoms with Gasteiger partial charge in [0.25, 0.3) is 0 Å². The molecule has 1 aliphatic heterocycles. The van der Waals surface area contributed by atoms with E-state index in [4.69, 9.17) is 34.3 Å². The average Bonchev–Trinajstić information content (AvgIpc) is 3.77. The lowest BCUT2D eigenvalue weighted by molar-refractivity contribution is 0.122. The van der Waals surface area contributed by atoms with Crippen LogP contribution in [0.15, 0.2) is 104 Å². The van der Waals surface area contributed by atoms with E-state index in [1.54, 1.807) is 26.6 Å². The molecule has 1 fully saturated rings. The number of fused-ring (bicyclic) bond motifs is 2. The third-order valence-corrected chi connectivity index (χ3v) is 9.01. The summed E-state index contributed by atoms with van der Waals surface area (Å²) in [6.07, 6.45) is 5.43. The van der Waals surface area contributed by atoms with Crippen LogP contribution in [0.5, 0.6) is 11.5 Å². The molecule has 1 aliphatic rings. The number of anilines is 2. The molecule has 4 aromatic heterocycles. The highest BCUT2D eigenvalue weighted by atomic mass is 16.5. The number of methoxy groups -OCH3 is 2. The van der Waals surface area contributed by atoms with Gasteiger partial charge in [0.1, 0.15) is 17.3 Å². The van der Waals surface area contributed by atoms with Gasteiger partial charge >= 0.3 is 0 Å². The van der Waals surface area contributed by atoms with Crippen molar-refractivity contribution in [1.29, 1.82) is 0 Å². The first kappa shape index (κ1) is 31.3. The summed E-state index contributed by atoms with van der Waals surface area (Å²) in [4.78, 5) is 24.2. The molecule has 5 heterocycles. The van der Waals surface area contributed by atoms with E-state index < -0.39 is 0 Å². The second-order valence-electron chi connectivity index (χ2n) is 12.1. The third-order valence-electron chi connectivity index (χ3n) is 9.01. The Morgan fingerprint density at radius 2 is 1.46 bits per heavy atom. The molecule has 0 unspecified atom stereocenters. The highest BCUT2D eigenvalue weighted by Crippen LogP contribution is 2.30. The molecule has 0 atom stereocenters. The Kier molecular flexibility index (Phi) is 8.66. The monoisotopic (exact) mass is 667 g/mol. The Balaban J connectivity index is 1.28. The Morgan fingerprint density at radius 1 is 0.760 bits per heavy atom. The molecule has 12 heteroatoms. The van der Waals surface area contributed by atoms with E-state index in [1.807, 2.05) is 53.2 Å². The van der Waals surface area contributed by atoms with Crippen molar-refractivity contribution >= 4 is 28.6 Å². The fourth-order valence-corrected chi connectivity index (χ4v) is 6.35. The van der Waals surface area contributed by atoms with Crippen LogP contribution in [0, 0.1) is 0 Å². The van der Waals surface area contributed by atoms with Crippen molar-refractivity contribution in [3.05, 3.63) is 120 Å². The molecule has 7 aromatic rings. The van der Waals surface area contributed by atoms with Gasteiger partial charge in [-0.25, -0.2) is 4.98 Å². The van der Waals surface area contributed by atoms with Crippen LogP contribution < -0.4 is 19.3 Å². The van der Waals surface area contributed by atoms with Crippen molar-refractivity contribution < 1.29 is 14.2 Å². The number of rotatable bonds is 11. The van der Waals surface area contributed by atoms with E-state index in [0.717, 1.165) is 50.6 Å². The highest BCUT2D eigenvalue weighted by Gasteiger charge is 2.25. The van der Waals surface area contributed by atoms with Gasteiger partial charge < -0.3 is 28.6 Å². The van der Waals surface area contributed by atoms with Gasteiger partial charge in [0, 0.05) is 44.1 Å². The zero-order valence-electron chi connectivity index (χ0n) is 28.0. The number of hydrogen-bond donors (Lipinski definition) is 0. The van der Waals surface area contributed by atoms with Crippen LogP contribution in [0.3, 0.4) is 0 Å². The predicted molar refractivity (Wildman–Crippen MR) is 192 cm³/mol. The normalized spacial score (nSPS) is 13.2. The van der Waals surface area contributed by atoms with Gasteiger partial charge in [0.05, 0.1) is 51.2 Å². The van der Waals surface area contributed by atoms with Crippen LogP contribution in [0.4, 0.5) is 11.9 Å². The van der Waals surface area contributed by atoms with E-state index in [-0.39, 0.29) is 0 Å². The minimum atomic E-state index is 0.454. The Bertz CT molecular complexity index is 2210. The van der Waals surface area contributed by atoms with Crippen LogP contribution in [0.1, 0.15) is 17.0 Å².